The first-order valence-corrected chi connectivity index (χ1v) is 10.2. The second-order valence-electron chi connectivity index (χ2n) is 7.68. The van der Waals surface area contributed by atoms with E-state index in [4.69, 9.17) is 11.6 Å². The molecule has 1 aliphatic rings. The number of rotatable bonds is 5. The molecule has 0 unspecified atom stereocenters. The van der Waals surface area contributed by atoms with E-state index in [1.807, 2.05) is 56.4 Å². The van der Waals surface area contributed by atoms with Crippen LogP contribution in [-0.4, -0.2) is 23.8 Å². The van der Waals surface area contributed by atoms with Crippen molar-refractivity contribution in [3.8, 4) is 0 Å². The molecule has 0 spiro atoms. The number of nitrogens with zero attached hydrogens (tertiary/aromatic N) is 1. The molecule has 2 aromatic carbocycles. The number of amides is 2. The lowest BCUT2D eigenvalue weighted by Gasteiger charge is -2.30. The summed E-state index contributed by atoms with van der Waals surface area (Å²) in [6.45, 7) is 2.55. The Hall–Kier alpha value is -2.33. The summed E-state index contributed by atoms with van der Waals surface area (Å²) in [4.78, 5) is 27.2. The fourth-order valence-corrected chi connectivity index (χ4v) is 4.08. The van der Waals surface area contributed by atoms with Gasteiger partial charge in [0.05, 0.1) is 0 Å². The molecule has 1 N–H and O–H groups in total. The van der Waals surface area contributed by atoms with Gasteiger partial charge in [0.2, 0.25) is 11.8 Å². The van der Waals surface area contributed by atoms with E-state index in [0.29, 0.717) is 11.6 Å². The highest BCUT2D eigenvalue weighted by Gasteiger charge is 2.31. The molecule has 0 radical (unpaired) electrons. The van der Waals surface area contributed by atoms with Crippen molar-refractivity contribution >= 4 is 29.1 Å². The second-order valence-corrected chi connectivity index (χ2v) is 8.11. The number of carbonyl (C=O) groups is 2. The van der Waals surface area contributed by atoms with Gasteiger partial charge in [-0.05, 0) is 61.9 Å². The zero-order valence-corrected chi connectivity index (χ0v) is 17.2. The summed E-state index contributed by atoms with van der Waals surface area (Å²) in [7, 11) is 1.86. The third-order valence-electron chi connectivity index (χ3n) is 5.53. The molecule has 1 fully saturated rings. The molecule has 4 nitrogen and oxygen atoms in total. The van der Waals surface area contributed by atoms with Gasteiger partial charge in [0, 0.05) is 36.1 Å². The van der Waals surface area contributed by atoms with E-state index in [9.17, 15) is 9.59 Å². The third-order valence-corrected chi connectivity index (χ3v) is 5.77. The van der Waals surface area contributed by atoms with Crippen molar-refractivity contribution in [3.05, 3.63) is 64.7 Å². The van der Waals surface area contributed by atoms with E-state index < -0.39 is 0 Å². The summed E-state index contributed by atoms with van der Waals surface area (Å²) in [5, 5.41) is 3.67. The van der Waals surface area contributed by atoms with Crippen LogP contribution in [0.4, 0.5) is 5.69 Å². The Morgan fingerprint density at radius 3 is 2.32 bits per heavy atom. The van der Waals surface area contributed by atoms with E-state index in [0.717, 1.165) is 42.5 Å². The van der Waals surface area contributed by atoms with Crippen LogP contribution in [-0.2, 0) is 16.1 Å². The van der Waals surface area contributed by atoms with Crippen molar-refractivity contribution in [2.24, 2.45) is 11.8 Å². The molecule has 0 saturated heterocycles. The van der Waals surface area contributed by atoms with Crippen LogP contribution in [0.25, 0.3) is 0 Å². The molecule has 0 heterocycles. The first-order valence-electron chi connectivity index (χ1n) is 9.80. The summed E-state index contributed by atoms with van der Waals surface area (Å²) in [5.41, 5.74) is 2.88. The van der Waals surface area contributed by atoms with Gasteiger partial charge in [0.15, 0.2) is 0 Å². The van der Waals surface area contributed by atoms with E-state index >= 15 is 0 Å². The molecule has 0 aromatic heterocycles. The number of aryl methyl sites for hydroxylation is 1. The molecule has 148 valence electrons. The van der Waals surface area contributed by atoms with Crippen molar-refractivity contribution < 1.29 is 9.59 Å². The minimum Gasteiger partial charge on any atom is -0.341 e. The zero-order chi connectivity index (χ0) is 20.1. The molecule has 0 bridgehead atoms. The van der Waals surface area contributed by atoms with Crippen LogP contribution in [0.15, 0.2) is 48.5 Å². The van der Waals surface area contributed by atoms with Gasteiger partial charge < -0.3 is 10.2 Å². The molecule has 2 aromatic rings. The van der Waals surface area contributed by atoms with Crippen molar-refractivity contribution in [1.82, 2.24) is 4.90 Å². The lowest BCUT2D eigenvalue weighted by atomic mass is 9.81. The Kier molecular flexibility index (Phi) is 6.74. The maximum absolute atomic E-state index is 12.8. The lowest BCUT2D eigenvalue weighted by molar-refractivity contribution is -0.137. The minimum absolute atomic E-state index is 0.00929. The number of nitrogens with one attached hydrogen (secondary N) is 1. The molecule has 3 rings (SSSR count). The highest BCUT2D eigenvalue weighted by molar-refractivity contribution is 6.30. The maximum Gasteiger partial charge on any atom is 0.227 e. The van der Waals surface area contributed by atoms with Gasteiger partial charge in [0.25, 0.3) is 0 Å². The van der Waals surface area contributed by atoms with Gasteiger partial charge in [-0.3, -0.25) is 9.59 Å². The molecule has 0 aliphatic heterocycles. The smallest absolute Gasteiger partial charge is 0.227 e. The highest BCUT2D eigenvalue weighted by Crippen LogP contribution is 2.31. The van der Waals surface area contributed by atoms with Crippen molar-refractivity contribution in [3.63, 3.8) is 0 Å². The van der Waals surface area contributed by atoms with Crippen LogP contribution in [0.1, 0.15) is 36.8 Å². The number of halogens is 1. The Morgan fingerprint density at radius 1 is 1.04 bits per heavy atom. The summed E-state index contributed by atoms with van der Waals surface area (Å²) in [6.07, 6.45) is 3.01. The van der Waals surface area contributed by atoms with E-state index in [1.165, 1.54) is 0 Å². The van der Waals surface area contributed by atoms with Crippen LogP contribution in [0.2, 0.25) is 5.02 Å². The molecule has 2 amide bonds. The standard InChI is InChI=1S/C23H27ClN2O2/c1-16-14-20(24)12-13-21(16)25-22(27)18-8-10-19(11-9-18)23(28)26(2)15-17-6-4-3-5-7-17/h3-7,12-14,18-19H,8-11,15H2,1-2H3,(H,25,27). The van der Waals surface area contributed by atoms with Crippen LogP contribution < -0.4 is 5.32 Å². The summed E-state index contributed by atoms with van der Waals surface area (Å²) < 4.78 is 0. The normalized spacial score (nSPS) is 19.1. The number of anilines is 1. The fraction of sp³-hybridized carbons (Fsp3) is 0.391. The average Bonchev–Trinajstić information content (AvgIpc) is 2.70. The molecule has 5 heteroatoms. The highest BCUT2D eigenvalue weighted by atomic mass is 35.5. The van der Waals surface area contributed by atoms with Gasteiger partial charge in [0.1, 0.15) is 0 Å². The Balaban J connectivity index is 1.50. The molecule has 28 heavy (non-hydrogen) atoms. The van der Waals surface area contributed by atoms with Crippen LogP contribution in [0.3, 0.4) is 0 Å². The topological polar surface area (TPSA) is 49.4 Å². The number of hydrogen-bond acceptors (Lipinski definition) is 2. The molecule has 1 aliphatic carbocycles. The first kappa shape index (κ1) is 20.4. The van der Waals surface area contributed by atoms with Gasteiger partial charge in [-0.15, -0.1) is 0 Å². The Morgan fingerprint density at radius 2 is 1.68 bits per heavy atom. The zero-order valence-electron chi connectivity index (χ0n) is 16.5. The van der Waals surface area contributed by atoms with Crippen LogP contribution in [0.5, 0.6) is 0 Å². The average molecular weight is 399 g/mol. The number of benzene rings is 2. The lowest BCUT2D eigenvalue weighted by Crippen LogP contribution is -2.36. The fourth-order valence-electron chi connectivity index (χ4n) is 3.85. The van der Waals surface area contributed by atoms with Gasteiger partial charge in [-0.1, -0.05) is 41.9 Å². The van der Waals surface area contributed by atoms with Gasteiger partial charge in [-0.25, -0.2) is 0 Å². The first-order chi connectivity index (χ1) is 13.4. The Bertz CT molecular complexity index is 830. The quantitative estimate of drug-likeness (QED) is 0.765. The molecular weight excluding hydrogens is 372 g/mol. The largest absolute Gasteiger partial charge is 0.341 e. The maximum atomic E-state index is 12.8. The summed E-state index contributed by atoms with van der Waals surface area (Å²) >= 11 is 5.98. The number of carbonyl (C=O) groups excluding carboxylic acids is 2. The van der Waals surface area contributed by atoms with Gasteiger partial charge >= 0.3 is 0 Å². The van der Waals surface area contributed by atoms with E-state index in [2.05, 4.69) is 5.32 Å². The second kappa shape index (κ2) is 9.24. The van der Waals surface area contributed by atoms with Crippen LogP contribution in [0, 0.1) is 18.8 Å². The number of hydrogen-bond donors (Lipinski definition) is 1. The van der Waals surface area contributed by atoms with E-state index in [-0.39, 0.29) is 23.7 Å². The molecular formula is C23H27ClN2O2. The van der Waals surface area contributed by atoms with Crippen molar-refractivity contribution in [2.45, 2.75) is 39.2 Å². The van der Waals surface area contributed by atoms with Crippen LogP contribution >= 0.6 is 11.6 Å². The monoisotopic (exact) mass is 398 g/mol. The summed E-state index contributed by atoms with van der Waals surface area (Å²) in [6, 6.07) is 15.5. The van der Waals surface area contributed by atoms with Crippen molar-refractivity contribution in [1.29, 1.82) is 0 Å². The SMILES string of the molecule is Cc1cc(Cl)ccc1NC(=O)C1CCC(C(=O)N(C)Cc2ccccc2)CC1. The molecule has 0 atom stereocenters. The summed E-state index contributed by atoms with van der Waals surface area (Å²) in [5.74, 6) is 0.179. The minimum atomic E-state index is -0.0430. The predicted octanol–water partition coefficient (Wildman–Crippen LogP) is 5.05. The predicted molar refractivity (Wildman–Crippen MR) is 113 cm³/mol. The van der Waals surface area contributed by atoms with E-state index in [1.54, 1.807) is 11.0 Å². The molecule has 1 saturated carbocycles. The third kappa shape index (κ3) is 5.14. The van der Waals surface area contributed by atoms with Gasteiger partial charge in [-0.2, -0.15) is 0 Å². The van der Waals surface area contributed by atoms with Crippen molar-refractivity contribution in [2.75, 3.05) is 12.4 Å². The Labute approximate surface area is 171 Å².